The third-order valence-electron chi connectivity index (χ3n) is 2.52. The predicted octanol–water partition coefficient (Wildman–Crippen LogP) is 2.61. The van der Waals surface area contributed by atoms with Gasteiger partial charge in [-0.2, -0.15) is 0 Å². The summed E-state index contributed by atoms with van der Waals surface area (Å²) in [6.07, 6.45) is 0.212. The SMILES string of the molecule is CCN(CCC(=O)O)C(C)c1cccs1. The van der Waals surface area contributed by atoms with Gasteiger partial charge in [0.1, 0.15) is 0 Å². The first-order valence-corrected chi connectivity index (χ1v) is 6.02. The number of nitrogens with zero attached hydrogens (tertiary/aromatic N) is 1. The van der Waals surface area contributed by atoms with E-state index in [1.54, 1.807) is 11.3 Å². The van der Waals surface area contributed by atoms with Crippen molar-refractivity contribution in [1.29, 1.82) is 0 Å². The van der Waals surface area contributed by atoms with Gasteiger partial charge in [0.2, 0.25) is 0 Å². The maximum absolute atomic E-state index is 10.5. The van der Waals surface area contributed by atoms with Gasteiger partial charge in [-0.05, 0) is 24.9 Å². The topological polar surface area (TPSA) is 40.5 Å². The van der Waals surface area contributed by atoms with Gasteiger partial charge in [-0.25, -0.2) is 0 Å². The lowest BCUT2D eigenvalue weighted by Gasteiger charge is -2.26. The Balaban J connectivity index is 2.54. The summed E-state index contributed by atoms with van der Waals surface area (Å²) in [5.41, 5.74) is 0. The lowest BCUT2D eigenvalue weighted by Crippen LogP contribution is -2.28. The summed E-state index contributed by atoms with van der Waals surface area (Å²) in [6, 6.07) is 4.44. The molecule has 1 heterocycles. The molecule has 1 aromatic rings. The highest BCUT2D eigenvalue weighted by molar-refractivity contribution is 7.10. The summed E-state index contributed by atoms with van der Waals surface area (Å²) in [6.45, 7) is 5.68. The Kier molecular flexibility index (Phi) is 4.78. The van der Waals surface area contributed by atoms with Crippen LogP contribution in [0.4, 0.5) is 0 Å². The van der Waals surface area contributed by atoms with E-state index >= 15 is 0 Å². The van der Waals surface area contributed by atoms with Crippen molar-refractivity contribution in [1.82, 2.24) is 4.90 Å². The fourth-order valence-corrected chi connectivity index (χ4v) is 2.39. The maximum Gasteiger partial charge on any atom is 0.304 e. The normalized spacial score (nSPS) is 13.0. The molecule has 0 fully saturated rings. The zero-order valence-corrected chi connectivity index (χ0v) is 9.96. The monoisotopic (exact) mass is 227 g/mol. The lowest BCUT2D eigenvalue weighted by atomic mass is 10.2. The van der Waals surface area contributed by atoms with Gasteiger partial charge in [0.15, 0.2) is 0 Å². The molecule has 1 atom stereocenters. The van der Waals surface area contributed by atoms with Crippen LogP contribution in [0.15, 0.2) is 17.5 Å². The molecular formula is C11H17NO2S. The molecule has 1 aromatic heterocycles. The molecule has 3 nitrogen and oxygen atoms in total. The van der Waals surface area contributed by atoms with Crippen LogP contribution in [0.3, 0.4) is 0 Å². The Morgan fingerprint density at radius 3 is 2.87 bits per heavy atom. The Hall–Kier alpha value is -0.870. The van der Waals surface area contributed by atoms with Crippen molar-refractivity contribution < 1.29 is 9.90 Å². The largest absolute Gasteiger partial charge is 0.481 e. The zero-order valence-electron chi connectivity index (χ0n) is 9.14. The highest BCUT2D eigenvalue weighted by Gasteiger charge is 2.15. The first-order valence-electron chi connectivity index (χ1n) is 5.14. The van der Waals surface area contributed by atoms with E-state index in [-0.39, 0.29) is 6.42 Å². The van der Waals surface area contributed by atoms with E-state index < -0.39 is 5.97 Å². The van der Waals surface area contributed by atoms with Crippen molar-refractivity contribution in [3.8, 4) is 0 Å². The van der Waals surface area contributed by atoms with E-state index in [1.165, 1.54) is 4.88 Å². The van der Waals surface area contributed by atoms with Crippen LogP contribution in [-0.2, 0) is 4.79 Å². The Morgan fingerprint density at radius 2 is 2.40 bits per heavy atom. The second kappa shape index (κ2) is 5.88. The van der Waals surface area contributed by atoms with Crippen LogP contribution >= 0.6 is 11.3 Å². The third kappa shape index (κ3) is 3.64. The minimum atomic E-state index is -0.730. The average molecular weight is 227 g/mol. The van der Waals surface area contributed by atoms with Crippen LogP contribution in [-0.4, -0.2) is 29.1 Å². The molecule has 1 unspecified atom stereocenters. The molecule has 0 amide bonds. The average Bonchev–Trinajstić information content (AvgIpc) is 2.70. The van der Waals surface area contributed by atoms with Crippen molar-refractivity contribution in [2.45, 2.75) is 26.3 Å². The second-order valence-electron chi connectivity index (χ2n) is 3.46. The van der Waals surface area contributed by atoms with Gasteiger partial charge in [-0.3, -0.25) is 9.69 Å². The van der Waals surface area contributed by atoms with Crippen LogP contribution in [0, 0.1) is 0 Å². The summed E-state index contributed by atoms with van der Waals surface area (Å²) in [5, 5.41) is 10.7. The first kappa shape index (κ1) is 12.2. The number of hydrogen-bond acceptors (Lipinski definition) is 3. The zero-order chi connectivity index (χ0) is 11.3. The van der Waals surface area contributed by atoms with Crippen LogP contribution in [0.5, 0.6) is 0 Å². The number of rotatable bonds is 6. The molecule has 1 N–H and O–H groups in total. The molecule has 15 heavy (non-hydrogen) atoms. The fraction of sp³-hybridized carbons (Fsp3) is 0.545. The smallest absolute Gasteiger partial charge is 0.304 e. The molecule has 0 aromatic carbocycles. The summed E-state index contributed by atoms with van der Waals surface area (Å²) in [7, 11) is 0. The summed E-state index contributed by atoms with van der Waals surface area (Å²) in [5.74, 6) is -0.730. The molecule has 0 spiro atoms. The van der Waals surface area contributed by atoms with E-state index in [1.807, 2.05) is 6.07 Å². The molecule has 0 radical (unpaired) electrons. The number of carboxylic acids is 1. The Morgan fingerprint density at radius 1 is 1.67 bits per heavy atom. The third-order valence-corrected chi connectivity index (χ3v) is 3.56. The van der Waals surface area contributed by atoms with Gasteiger partial charge in [0.25, 0.3) is 0 Å². The standard InChI is InChI=1S/C11H17NO2S/c1-3-12(7-6-11(13)14)9(2)10-5-4-8-15-10/h4-5,8-9H,3,6-7H2,1-2H3,(H,13,14). The van der Waals surface area contributed by atoms with Gasteiger partial charge < -0.3 is 5.11 Å². The highest BCUT2D eigenvalue weighted by atomic mass is 32.1. The molecule has 1 rings (SSSR count). The first-order chi connectivity index (χ1) is 7.15. The summed E-state index contributed by atoms with van der Waals surface area (Å²) < 4.78 is 0. The number of thiophene rings is 1. The second-order valence-corrected chi connectivity index (χ2v) is 4.44. The van der Waals surface area contributed by atoms with E-state index in [2.05, 4.69) is 30.2 Å². The molecule has 4 heteroatoms. The van der Waals surface area contributed by atoms with Crippen molar-refractivity contribution in [2.24, 2.45) is 0 Å². The molecule has 0 bridgehead atoms. The van der Waals surface area contributed by atoms with Crippen molar-refractivity contribution in [3.63, 3.8) is 0 Å². The molecule has 0 aliphatic carbocycles. The fourth-order valence-electron chi connectivity index (χ4n) is 1.57. The van der Waals surface area contributed by atoms with Crippen molar-refractivity contribution >= 4 is 17.3 Å². The summed E-state index contributed by atoms with van der Waals surface area (Å²) >= 11 is 1.72. The van der Waals surface area contributed by atoms with E-state index in [4.69, 9.17) is 5.11 Å². The molecule has 0 aliphatic heterocycles. The van der Waals surface area contributed by atoms with Crippen LogP contribution in [0.1, 0.15) is 31.2 Å². The Labute approximate surface area is 94.3 Å². The number of aliphatic carboxylic acids is 1. The number of carbonyl (C=O) groups is 1. The molecule has 0 saturated carbocycles. The quantitative estimate of drug-likeness (QED) is 0.812. The van der Waals surface area contributed by atoms with Crippen molar-refractivity contribution in [3.05, 3.63) is 22.4 Å². The predicted molar refractivity (Wildman–Crippen MR) is 62.2 cm³/mol. The molecule has 84 valence electrons. The van der Waals surface area contributed by atoms with Crippen LogP contribution < -0.4 is 0 Å². The minimum Gasteiger partial charge on any atom is -0.481 e. The van der Waals surface area contributed by atoms with Crippen LogP contribution in [0.25, 0.3) is 0 Å². The highest BCUT2D eigenvalue weighted by Crippen LogP contribution is 2.24. The van der Waals surface area contributed by atoms with E-state index in [9.17, 15) is 4.79 Å². The molecule has 0 aliphatic rings. The van der Waals surface area contributed by atoms with Gasteiger partial charge in [-0.15, -0.1) is 11.3 Å². The minimum absolute atomic E-state index is 0.212. The van der Waals surface area contributed by atoms with Crippen molar-refractivity contribution in [2.75, 3.05) is 13.1 Å². The van der Waals surface area contributed by atoms with Gasteiger partial charge in [0.05, 0.1) is 6.42 Å². The van der Waals surface area contributed by atoms with E-state index in [0.29, 0.717) is 12.6 Å². The van der Waals surface area contributed by atoms with Gasteiger partial charge in [0, 0.05) is 17.5 Å². The number of hydrogen-bond donors (Lipinski definition) is 1. The summed E-state index contributed by atoms with van der Waals surface area (Å²) in [4.78, 5) is 14.0. The maximum atomic E-state index is 10.5. The van der Waals surface area contributed by atoms with Gasteiger partial charge in [-0.1, -0.05) is 13.0 Å². The number of carboxylic acid groups (broad SMARTS) is 1. The molecule has 0 saturated heterocycles. The Bertz CT molecular complexity index is 298. The molecular weight excluding hydrogens is 210 g/mol. The lowest BCUT2D eigenvalue weighted by molar-refractivity contribution is -0.137. The van der Waals surface area contributed by atoms with Crippen LogP contribution in [0.2, 0.25) is 0 Å². The van der Waals surface area contributed by atoms with Gasteiger partial charge >= 0.3 is 5.97 Å². The van der Waals surface area contributed by atoms with E-state index in [0.717, 1.165) is 6.54 Å².